The molecule has 0 aliphatic heterocycles. The van der Waals surface area contributed by atoms with Crippen molar-refractivity contribution in [2.75, 3.05) is 26.1 Å². The summed E-state index contributed by atoms with van der Waals surface area (Å²) >= 11 is 0. The number of rotatable bonds is 5. The molecule has 92 valence electrons. The van der Waals surface area contributed by atoms with Gasteiger partial charge in [0.15, 0.2) is 11.2 Å². The molecule has 0 atom stereocenters. The molecule has 0 aromatic carbocycles. The van der Waals surface area contributed by atoms with Crippen LogP contribution in [0.15, 0.2) is 4.79 Å². The topological polar surface area (TPSA) is 119 Å². The molecule has 0 aliphatic carbocycles. The monoisotopic (exact) mass is 239 g/mol. The number of aromatic amines is 2. The van der Waals surface area contributed by atoms with Crippen molar-refractivity contribution in [3.05, 3.63) is 16.2 Å². The Balaban J connectivity index is 2.15. The summed E-state index contributed by atoms with van der Waals surface area (Å²) in [5, 5.41) is 0. The number of hydrogen-bond donors (Lipinski definition) is 3. The highest BCUT2D eigenvalue weighted by atomic mass is 16.5. The van der Waals surface area contributed by atoms with E-state index in [1.165, 1.54) is 0 Å². The van der Waals surface area contributed by atoms with Crippen molar-refractivity contribution in [3.63, 3.8) is 0 Å². The van der Waals surface area contributed by atoms with Gasteiger partial charge in [0.2, 0.25) is 5.95 Å². The number of hydrogen-bond acceptors (Lipinski definition) is 6. The lowest BCUT2D eigenvalue weighted by Crippen LogP contribution is -2.10. The third-order valence-electron chi connectivity index (χ3n) is 2.10. The van der Waals surface area contributed by atoms with Crippen LogP contribution < -0.4 is 11.3 Å². The van der Waals surface area contributed by atoms with Crippen molar-refractivity contribution >= 4 is 17.1 Å². The van der Waals surface area contributed by atoms with E-state index < -0.39 is 0 Å². The summed E-state index contributed by atoms with van der Waals surface area (Å²) in [6.45, 7) is 1.23. The molecule has 0 saturated heterocycles. The number of nitrogens with zero attached hydrogens (tertiary/aromatic N) is 2. The first-order chi connectivity index (χ1) is 8.20. The quantitative estimate of drug-likeness (QED) is 0.599. The van der Waals surface area contributed by atoms with E-state index in [1.807, 2.05) is 0 Å². The fourth-order valence-electron chi connectivity index (χ4n) is 1.35. The van der Waals surface area contributed by atoms with Gasteiger partial charge in [0.1, 0.15) is 12.4 Å². The van der Waals surface area contributed by atoms with Crippen LogP contribution in [0.5, 0.6) is 0 Å². The maximum absolute atomic E-state index is 11.5. The van der Waals surface area contributed by atoms with Gasteiger partial charge >= 0.3 is 0 Å². The Bertz CT molecular complexity index is 561. The first-order valence-corrected chi connectivity index (χ1v) is 5.02. The zero-order valence-electron chi connectivity index (χ0n) is 9.32. The second-order valence-electron chi connectivity index (χ2n) is 3.38. The first-order valence-electron chi connectivity index (χ1n) is 5.02. The van der Waals surface area contributed by atoms with E-state index in [0.29, 0.717) is 24.6 Å². The van der Waals surface area contributed by atoms with Gasteiger partial charge in [0.25, 0.3) is 5.56 Å². The maximum Gasteiger partial charge on any atom is 0.278 e. The zero-order chi connectivity index (χ0) is 12.3. The number of methoxy groups -OCH3 is 1. The third-order valence-corrected chi connectivity index (χ3v) is 2.10. The highest BCUT2D eigenvalue weighted by molar-refractivity contribution is 5.70. The van der Waals surface area contributed by atoms with Gasteiger partial charge in [-0.15, -0.1) is 0 Å². The normalized spacial score (nSPS) is 11.1. The number of anilines is 1. The molecule has 8 heteroatoms. The number of fused-ring (bicyclic) bond motifs is 1. The van der Waals surface area contributed by atoms with E-state index in [4.69, 9.17) is 15.2 Å². The van der Waals surface area contributed by atoms with E-state index in [2.05, 4.69) is 19.9 Å². The van der Waals surface area contributed by atoms with Crippen molar-refractivity contribution in [1.29, 1.82) is 0 Å². The fraction of sp³-hybridized carbons (Fsp3) is 0.444. The number of aromatic nitrogens is 4. The Morgan fingerprint density at radius 2 is 2.12 bits per heavy atom. The first kappa shape index (κ1) is 11.6. The lowest BCUT2D eigenvalue weighted by Gasteiger charge is -1.99. The molecular weight excluding hydrogens is 226 g/mol. The summed E-state index contributed by atoms with van der Waals surface area (Å²) in [6.07, 6.45) is 0. The molecule has 0 fully saturated rings. The number of ether oxygens (including phenoxy) is 2. The van der Waals surface area contributed by atoms with E-state index in [-0.39, 0.29) is 23.8 Å². The minimum absolute atomic E-state index is 0.0425. The van der Waals surface area contributed by atoms with Crippen LogP contribution in [-0.4, -0.2) is 40.3 Å². The van der Waals surface area contributed by atoms with Crippen LogP contribution >= 0.6 is 0 Å². The van der Waals surface area contributed by atoms with E-state index in [1.54, 1.807) is 7.11 Å². The number of imidazole rings is 1. The molecule has 0 saturated carbocycles. The van der Waals surface area contributed by atoms with Crippen LogP contribution in [0, 0.1) is 0 Å². The Morgan fingerprint density at radius 1 is 1.29 bits per heavy atom. The van der Waals surface area contributed by atoms with Crippen LogP contribution in [-0.2, 0) is 16.1 Å². The molecule has 8 nitrogen and oxygen atoms in total. The molecule has 0 unspecified atom stereocenters. The summed E-state index contributed by atoms with van der Waals surface area (Å²) in [7, 11) is 1.59. The van der Waals surface area contributed by atoms with Crippen LogP contribution in [0.1, 0.15) is 5.82 Å². The number of H-pyrrole nitrogens is 2. The Morgan fingerprint density at radius 3 is 2.88 bits per heavy atom. The van der Waals surface area contributed by atoms with Gasteiger partial charge in [-0.2, -0.15) is 4.98 Å². The van der Waals surface area contributed by atoms with Gasteiger partial charge in [-0.1, -0.05) is 0 Å². The van der Waals surface area contributed by atoms with Gasteiger partial charge in [0.05, 0.1) is 13.2 Å². The molecule has 4 N–H and O–H groups in total. The zero-order valence-corrected chi connectivity index (χ0v) is 9.32. The molecular formula is C9H13N5O3. The average Bonchev–Trinajstić information content (AvgIpc) is 2.67. The molecule has 0 spiro atoms. The van der Waals surface area contributed by atoms with Gasteiger partial charge in [-0.25, -0.2) is 4.98 Å². The van der Waals surface area contributed by atoms with Crippen LogP contribution in [0.3, 0.4) is 0 Å². The lowest BCUT2D eigenvalue weighted by molar-refractivity contribution is 0.0590. The van der Waals surface area contributed by atoms with Gasteiger partial charge in [-0.05, 0) is 0 Å². The third kappa shape index (κ3) is 2.60. The summed E-state index contributed by atoms with van der Waals surface area (Å²) in [4.78, 5) is 24.7. The predicted molar refractivity (Wildman–Crippen MR) is 60.5 cm³/mol. The van der Waals surface area contributed by atoms with Crippen LogP contribution in [0.2, 0.25) is 0 Å². The van der Waals surface area contributed by atoms with Crippen LogP contribution in [0.25, 0.3) is 11.2 Å². The average molecular weight is 239 g/mol. The minimum Gasteiger partial charge on any atom is -0.382 e. The molecule has 2 aromatic rings. The molecule has 0 aliphatic rings. The summed E-state index contributed by atoms with van der Waals surface area (Å²) in [5.41, 5.74) is 5.65. The Kier molecular flexibility index (Phi) is 3.35. The van der Waals surface area contributed by atoms with Crippen molar-refractivity contribution in [3.8, 4) is 0 Å². The van der Waals surface area contributed by atoms with Crippen molar-refractivity contribution in [2.24, 2.45) is 0 Å². The molecule has 17 heavy (non-hydrogen) atoms. The van der Waals surface area contributed by atoms with Crippen molar-refractivity contribution < 1.29 is 9.47 Å². The van der Waals surface area contributed by atoms with Crippen LogP contribution in [0.4, 0.5) is 5.95 Å². The number of nitrogens with one attached hydrogen (secondary N) is 2. The molecule has 0 radical (unpaired) electrons. The molecule has 0 bridgehead atoms. The lowest BCUT2D eigenvalue weighted by atomic mass is 10.5. The van der Waals surface area contributed by atoms with E-state index in [9.17, 15) is 4.79 Å². The second kappa shape index (κ2) is 4.93. The minimum atomic E-state index is -0.344. The number of nitrogens with two attached hydrogens (primary N) is 1. The summed E-state index contributed by atoms with van der Waals surface area (Å²) in [5.74, 6) is 0.570. The van der Waals surface area contributed by atoms with Gasteiger partial charge in [-0.3, -0.25) is 9.78 Å². The fourth-order valence-corrected chi connectivity index (χ4v) is 1.35. The number of nitrogen functional groups attached to an aromatic ring is 1. The summed E-state index contributed by atoms with van der Waals surface area (Å²) in [6, 6.07) is 0. The second-order valence-corrected chi connectivity index (χ2v) is 3.38. The highest BCUT2D eigenvalue weighted by Gasteiger charge is 2.08. The van der Waals surface area contributed by atoms with Gasteiger partial charge in [0, 0.05) is 7.11 Å². The Labute approximate surface area is 96.2 Å². The molecule has 2 aromatic heterocycles. The molecule has 0 amide bonds. The maximum atomic E-state index is 11.5. The van der Waals surface area contributed by atoms with E-state index >= 15 is 0 Å². The highest BCUT2D eigenvalue weighted by Crippen LogP contribution is 2.05. The van der Waals surface area contributed by atoms with Crippen molar-refractivity contribution in [2.45, 2.75) is 6.61 Å². The summed E-state index contributed by atoms with van der Waals surface area (Å²) < 4.78 is 10.1. The predicted octanol–water partition coefficient (Wildman–Crippen LogP) is -0.609. The van der Waals surface area contributed by atoms with E-state index in [0.717, 1.165) is 0 Å². The smallest absolute Gasteiger partial charge is 0.278 e. The standard InChI is InChI=1S/C9H13N5O3/c1-16-2-3-17-4-5-11-6-7(12-5)13-9(10)14-8(6)15/h2-4H2,1H3,(H4,10,11,12,13,14,15). The molecule has 2 rings (SSSR count). The van der Waals surface area contributed by atoms with Crippen molar-refractivity contribution in [1.82, 2.24) is 19.9 Å². The largest absolute Gasteiger partial charge is 0.382 e. The van der Waals surface area contributed by atoms with Gasteiger partial charge < -0.3 is 20.2 Å². The Hall–Kier alpha value is -1.93. The SMILES string of the molecule is COCCOCc1nc2nc(N)[nH]c(=O)c2[nH]1. The molecule has 2 heterocycles.